The van der Waals surface area contributed by atoms with E-state index >= 15 is 0 Å². The van der Waals surface area contributed by atoms with Crippen LogP contribution in [-0.2, 0) is 9.59 Å². The number of rotatable bonds is 3. The highest BCUT2D eigenvalue weighted by Crippen LogP contribution is 2.14. The zero-order valence-electron chi connectivity index (χ0n) is 7.07. The molecule has 0 aromatic rings. The normalized spacial score (nSPS) is 28.1. The Labute approximate surface area is 70.4 Å². The van der Waals surface area contributed by atoms with E-state index in [1.165, 1.54) is 0 Å². The molecule has 0 unspecified atom stereocenters. The first-order valence-corrected chi connectivity index (χ1v) is 3.71. The Morgan fingerprint density at radius 2 is 2.25 bits per heavy atom. The number of hydrogen-bond donors (Lipinski definition) is 2. The van der Waals surface area contributed by atoms with Gasteiger partial charge in [-0.1, -0.05) is 0 Å². The molecule has 68 valence electrons. The summed E-state index contributed by atoms with van der Waals surface area (Å²) < 4.78 is 0. The molecule has 2 N–H and O–H groups in total. The third-order valence-corrected chi connectivity index (χ3v) is 1.93. The summed E-state index contributed by atoms with van der Waals surface area (Å²) in [5.74, 6) is -0.974. The van der Waals surface area contributed by atoms with Crippen molar-refractivity contribution in [2.24, 2.45) is 0 Å². The summed E-state index contributed by atoms with van der Waals surface area (Å²) in [5.41, 5.74) is 0. The molecular weight excluding hydrogens is 160 g/mol. The van der Waals surface area contributed by atoms with Crippen molar-refractivity contribution in [2.45, 2.75) is 18.5 Å². The Morgan fingerprint density at radius 1 is 1.67 bits per heavy atom. The molecule has 0 aromatic carbocycles. The van der Waals surface area contributed by atoms with Crippen LogP contribution in [0.1, 0.15) is 6.42 Å². The Hall–Kier alpha value is -1.10. The minimum Gasteiger partial charge on any atom is -0.481 e. The van der Waals surface area contributed by atoms with E-state index in [9.17, 15) is 9.59 Å². The fourth-order valence-corrected chi connectivity index (χ4v) is 1.38. The highest BCUT2D eigenvalue weighted by Gasteiger charge is 2.41. The lowest BCUT2D eigenvalue weighted by Crippen LogP contribution is -2.68. The Bertz CT molecular complexity index is 215. The van der Waals surface area contributed by atoms with Gasteiger partial charge in [-0.25, -0.2) is 0 Å². The molecule has 0 radical (unpaired) electrons. The minimum absolute atomic E-state index is 0.00537. The molecule has 1 saturated heterocycles. The number of carbonyl (C=O) groups excluding carboxylic acids is 1. The number of hydrogen-bond acceptors (Lipinski definition) is 3. The Kier molecular flexibility index (Phi) is 2.32. The van der Waals surface area contributed by atoms with Crippen molar-refractivity contribution in [1.29, 1.82) is 0 Å². The predicted molar refractivity (Wildman–Crippen MR) is 41.7 cm³/mol. The lowest BCUT2D eigenvalue weighted by molar-refractivity contribution is -0.143. The van der Waals surface area contributed by atoms with Crippen LogP contribution >= 0.6 is 0 Å². The van der Waals surface area contributed by atoms with Crippen LogP contribution in [0.4, 0.5) is 0 Å². The van der Waals surface area contributed by atoms with Crippen molar-refractivity contribution < 1.29 is 14.7 Å². The molecule has 5 heteroatoms. The molecule has 1 heterocycles. The van der Waals surface area contributed by atoms with E-state index in [1.54, 1.807) is 19.0 Å². The van der Waals surface area contributed by atoms with Gasteiger partial charge in [0, 0.05) is 0 Å². The minimum atomic E-state index is -0.883. The molecule has 1 amide bonds. The average molecular weight is 172 g/mol. The molecule has 2 atom stereocenters. The fraction of sp³-hybridized carbons (Fsp3) is 0.714. The van der Waals surface area contributed by atoms with Gasteiger partial charge in [0.15, 0.2) is 0 Å². The molecule has 1 rings (SSSR count). The van der Waals surface area contributed by atoms with E-state index < -0.39 is 5.97 Å². The summed E-state index contributed by atoms with van der Waals surface area (Å²) >= 11 is 0. The lowest BCUT2D eigenvalue weighted by Gasteiger charge is -2.39. The van der Waals surface area contributed by atoms with Crippen molar-refractivity contribution in [3.8, 4) is 0 Å². The molecule has 0 aliphatic carbocycles. The molecule has 1 fully saturated rings. The SMILES string of the molecule is CN(C)[C@H]1C(=O)N[C@@H]1CC(=O)O. The molecule has 0 bridgehead atoms. The first kappa shape index (κ1) is 8.99. The summed E-state index contributed by atoms with van der Waals surface area (Å²) in [4.78, 5) is 23.0. The van der Waals surface area contributed by atoms with Crippen molar-refractivity contribution in [2.75, 3.05) is 14.1 Å². The number of likely N-dealkylation sites (N-methyl/N-ethyl adjacent to an activating group) is 1. The van der Waals surface area contributed by atoms with Crippen LogP contribution in [0.3, 0.4) is 0 Å². The van der Waals surface area contributed by atoms with Crippen molar-refractivity contribution in [3.05, 3.63) is 0 Å². The molecule has 0 saturated carbocycles. The van der Waals surface area contributed by atoms with Crippen molar-refractivity contribution in [3.63, 3.8) is 0 Å². The molecular formula is C7H12N2O3. The van der Waals surface area contributed by atoms with Gasteiger partial charge in [0.05, 0.1) is 12.5 Å². The van der Waals surface area contributed by atoms with Gasteiger partial charge >= 0.3 is 5.97 Å². The largest absolute Gasteiger partial charge is 0.481 e. The van der Waals surface area contributed by atoms with Gasteiger partial charge in [0.25, 0.3) is 0 Å². The van der Waals surface area contributed by atoms with Crippen LogP contribution in [0.15, 0.2) is 0 Å². The second-order valence-corrected chi connectivity index (χ2v) is 3.12. The predicted octanol–water partition coefficient (Wildman–Crippen LogP) is -1.11. The zero-order chi connectivity index (χ0) is 9.30. The standard InChI is InChI=1S/C7H12N2O3/c1-9(2)6-4(3-5(10)11)8-7(6)12/h4,6H,3H2,1-2H3,(H,8,12)(H,10,11)/t4-,6-/m1/s1. The molecule has 1 aliphatic rings. The average Bonchev–Trinajstić information content (AvgIpc) is 1.82. The van der Waals surface area contributed by atoms with E-state index in [1.807, 2.05) is 0 Å². The topological polar surface area (TPSA) is 69.6 Å². The van der Waals surface area contributed by atoms with Gasteiger partial charge in [-0.3, -0.25) is 14.5 Å². The number of carbonyl (C=O) groups is 2. The van der Waals surface area contributed by atoms with Crippen LogP contribution in [0, 0.1) is 0 Å². The summed E-state index contributed by atoms with van der Waals surface area (Å²) in [6.07, 6.45) is -0.00537. The summed E-state index contributed by atoms with van der Waals surface area (Å²) in [6, 6.07) is -0.508. The van der Waals surface area contributed by atoms with Gasteiger partial charge < -0.3 is 10.4 Å². The van der Waals surface area contributed by atoms with Gasteiger partial charge in [-0.2, -0.15) is 0 Å². The van der Waals surface area contributed by atoms with Gasteiger partial charge in [-0.05, 0) is 14.1 Å². The molecule has 1 aliphatic heterocycles. The molecule has 0 spiro atoms. The van der Waals surface area contributed by atoms with Crippen LogP contribution < -0.4 is 5.32 Å². The number of nitrogens with one attached hydrogen (secondary N) is 1. The highest BCUT2D eigenvalue weighted by atomic mass is 16.4. The summed E-state index contributed by atoms with van der Waals surface area (Å²) in [5, 5.41) is 11.0. The van der Waals surface area contributed by atoms with Gasteiger partial charge in [0.2, 0.25) is 5.91 Å². The second kappa shape index (κ2) is 3.10. The first-order valence-electron chi connectivity index (χ1n) is 3.71. The monoisotopic (exact) mass is 172 g/mol. The maximum atomic E-state index is 10.9. The van der Waals surface area contributed by atoms with Gasteiger partial charge in [0.1, 0.15) is 6.04 Å². The molecule has 12 heavy (non-hydrogen) atoms. The van der Waals surface area contributed by atoms with Crippen LogP contribution in [-0.4, -0.2) is 48.1 Å². The van der Waals surface area contributed by atoms with Crippen LogP contribution in [0.25, 0.3) is 0 Å². The van der Waals surface area contributed by atoms with E-state index in [2.05, 4.69) is 5.32 Å². The lowest BCUT2D eigenvalue weighted by atomic mass is 9.95. The number of carboxylic acid groups (broad SMARTS) is 1. The summed E-state index contributed by atoms with van der Waals surface area (Å²) in [6.45, 7) is 0. The van der Waals surface area contributed by atoms with E-state index in [-0.39, 0.29) is 24.4 Å². The second-order valence-electron chi connectivity index (χ2n) is 3.12. The maximum Gasteiger partial charge on any atom is 0.305 e. The van der Waals surface area contributed by atoms with Crippen molar-refractivity contribution in [1.82, 2.24) is 10.2 Å². The Morgan fingerprint density at radius 3 is 2.58 bits per heavy atom. The number of β-lactam (4-membered cyclic amide) rings is 1. The van der Waals surface area contributed by atoms with Crippen LogP contribution in [0.2, 0.25) is 0 Å². The highest BCUT2D eigenvalue weighted by molar-refractivity contribution is 5.90. The van der Waals surface area contributed by atoms with Gasteiger partial charge in [-0.15, -0.1) is 0 Å². The smallest absolute Gasteiger partial charge is 0.305 e. The van der Waals surface area contributed by atoms with E-state index in [0.29, 0.717) is 0 Å². The van der Waals surface area contributed by atoms with E-state index in [0.717, 1.165) is 0 Å². The molecule has 5 nitrogen and oxygen atoms in total. The van der Waals surface area contributed by atoms with E-state index in [4.69, 9.17) is 5.11 Å². The Balaban J connectivity index is 2.48. The maximum absolute atomic E-state index is 10.9. The first-order chi connectivity index (χ1) is 5.52. The molecule has 0 aromatic heterocycles. The number of aliphatic carboxylic acids is 1. The summed E-state index contributed by atoms with van der Waals surface area (Å²) in [7, 11) is 3.52. The quantitative estimate of drug-likeness (QED) is 0.530. The van der Waals surface area contributed by atoms with Crippen LogP contribution in [0.5, 0.6) is 0 Å². The fourth-order valence-electron chi connectivity index (χ4n) is 1.38. The van der Waals surface area contributed by atoms with Crippen molar-refractivity contribution >= 4 is 11.9 Å². The third kappa shape index (κ3) is 1.55. The number of amides is 1. The zero-order valence-corrected chi connectivity index (χ0v) is 7.07. The third-order valence-electron chi connectivity index (χ3n) is 1.93. The number of nitrogens with zero attached hydrogens (tertiary/aromatic N) is 1. The number of carboxylic acids is 1.